The first kappa shape index (κ1) is 12.5. The van der Waals surface area contributed by atoms with Crippen molar-refractivity contribution in [3.05, 3.63) is 34.9 Å². The van der Waals surface area contributed by atoms with E-state index in [-0.39, 0.29) is 5.41 Å². The highest BCUT2D eigenvalue weighted by Gasteiger charge is 2.26. The van der Waals surface area contributed by atoms with Crippen molar-refractivity contribution in [2.75, 3.05) is 7.11 Å². The van der Waals surface area contributed by atoms with Gasteiger partial charge in [0, 0.05) is 5.03 Å². The normalized spacial score (nSPS) is 15.8. The fraction of sp³-hybridized carbons (Fsp3) is 0.467. The maximum absolute atomic E-state index is 6.53. The molecule has 17 heavy (non-hydrogen) atoms. The van der Waals surface area contributed by atoms with Gasteiger partial charge in [0.05, 0.1) is 7.11 Å². The number of methoxy groups -OCH3 is 1. The summed E-state index contributed by atoms with van der Waals surface area (Å²) < 4.78 is 5.25. The number of allylic oxidation sites excluding steroid dienone is 1. The average Bonchev–Trinajstić information content (AvgIpc) is 2.27. The SMILES string of the molecule is COc1ccc2c(c1)CCC(C(C)(C)C)=C2Cl. The molecule has 0 unspecified atom stereocenters. The molecule has 0 atom stereocenters. The van der Waals surface area contributed by atoms with Gasteiger partial charge in [0.15, 0.2) is 0 Å². The van der Waals surface area contributed by atoms with E-state index in [0.717, 1.165) is 23.6 Å². The summed E-state index contributed by atoms with van der Waals surface area (Å²) in [6, 6.07) is 6.14. The van der Waals surface area contributed by atoms with Crippen LogP contribution in [0.3, 0.4) is 0 Å². The summed E-state index contributed by atoms with van der Waals surface area (Å²) in [5.41, 5.74) is 3.97. The highest BCUT2D eigenvalue weighted by Crippen LogP contribution is 2.42. The Morgan fingerprint density at radius 1 is 1.18 bits per heavy atom. The molecule has 1 aromatic rings. The van der Waals surface area contributed by atoms with Gasteiger partial charge in [-0.2, -0.15) is 0 Å². The Bertz CT molecular complexity index is 466. The molecule has 0 aromatic heterocycles. The van der Waals surface area contributed by atoms with Gasteiger partial charge < -0.3 is 4.74 Å². The summed E-state index contributed by atoms with van der Waals surface area (Å²) in [6.45, 7) is 6.66. The van der Waals surface area contributed by atoms with Crippen molar-refractivity contribution < 1.29 is 4.74 Å². The molecule has 0 saturated heterocycles. The largest absolute Gasteiger partial charge is 0.497 e. The second-order valence-electron chi connectivity index (χ2n) is 5.57. The van der Waals surface area contributed by atoms with Crippen LogP contribution in [0.2, 0.25) is 0 Å². The summed E-state index contributed by atoms with van der Waals surface area (Å²) in [6.07, 6.45) is 2.10. The second kappa shape index (κ2) is 4.38. The summed E-state index contributed by atoms with van der Waals surface area (Å²) in [5.74, 6) is 0.910. The number of hydrogen-bond acceptors (Lipinski definition) is 1. The Kier molecular flexibility index (Phi) is 3.22. The van der Waals surface area contributed by atoms with E-state index >= 15 is 0 Å². The van der Waals surface area contributed by atoms with Crippen molar-refractivity contribution in [1.82, 2.24) is 0 Å². The van der Waals surface area contributed by atoms with Crippen LogP contribution in [0.15, 0.2) is 23.8 Å². The third kappa shape index (κ3) is 2.35. The van der Waals surface area contributed by atoms with E-state index in [1.807, 2.05) is 6.07 Å². The summed E-state index contributed by atoms with van der Waals surface area (Å²) in [5, 5.41) is 0.932. The summed E-state index contributed by atoms with van der Waals surface area (Å²) in [4.78, 5) is 0. The van der Waals surface area contributed by atoms with Crippen molar-refractivity contribution in [1.29, 1.82) is 0 Å². The van der Waals surface area contributed by atoms with E-state index in [1.54, 1.807) is 7.11 Å². The van der Waals surface area contributed by atoms with Gasteiger partial charge in [0.2, 0.25) is 0 Å². The molecule has 0 aliphatic heterocycles. The molecule has 1 aromatic carbocycles. The number of ether oxygens (including phenoxy) is 1. The van der Waals surface area contributed by atoms with Gasteiger partial charge in [-0.05, 0) is 53.2 Å². The van der Waals surface area contributed by atoms with Crippen molar-refractivity contribution in [3.8, 4) is 5.75 Å². The van der Waals surface area contributed by atoms with Crippen molar-refractivity contribution >= 4 is 16.6 Å². The molecule has 0 N–H and O–H groups in total. The standard InChI is InChI=1S/C15H19ClO/c1-15(2,3)13-8-5-10-9-11(17-4)6-7-12(10)14(13)16/h6-7,9H,5,8H2,1-4H3. The van der Waals surface area contributed by atoms with Crippen LogP contribution in [0.4, 0.5) is 0 Å². The number of benzene rings is 1. The molecule has 0 amide bonds. The van der Waals surface area contributed by atoms with Crippen molar-refractivity contribution in [2.45, 2.75) is 33.6 Å². The molecule has 1 aliphatic rings. The van der Waals surface area contributed by atoms with E-state index in [1.165, 1.54) is 16.7 Å². The van der Waals surface area contributed by atoms with Crippen LogP contribution in [0.5, 0.6) is 5.75 Å². The lowest BCUT2D eigenvalue weighted by Crippen LogP contribution is -2.15. The van der Waals surface area contributed by atoms with E-state index < -0.39 is 0 Å². The fourth-order valence-corrected chi connectivity index (χ4v) is 2.92. The summed E-state index contributed by atoms with van der Waals surface area (Å²) in [7, 11) is 1.70. The zero-order chi connectivity index (χ0) is 12.6. The first-order chi connectivity index (χ1) is 7.93. The number of aryl methyl sites for hydroxylation is 1. The van der Waals surface area contributed by atoms with Crippen molar-refractivity contribution in [2.24, 2.45) is 5.41 Å². The molecule has 0 saturated carbocycles. The Hall–Kier alpha value is -0.950. The molecule has 0 bridgehead atoms. The lowest BCUT2D eigenvalue weighted by atomic mass is 9.78. The van der Waals surface area contributed by atoms with Crippen LogP contribution < -0.4 is 4.74 Å². The monoisotopic (exact) mass is 250 g/mol. The van der Waals surface area contributed by atoms with Crippen LogP contribution in [0.1, 0.15) is 38.3 Å². The third-order valence-electron chi connectivity index (χ3n) is 3.36. The van der Waals surface area contributed by atoms with Gasteiger partial charge in [-0.1, -0.05) is 32.4 Å². The molecule has 1 nitrogen and oxygen atoms in total. The molecule has 0 heterocycles. The van der Waals surface area contributed by atoms with Gasteiger partial charge >= 0.3 is 0 Å². The third-order valence-corrected chi connectivity index (χ3v) is 3.80. The van der Waals surface area contributed by atoms with Crippen molar-refractivity contribution in [3.63, 3.8) is 0 Å². The Labute approximate surface area is 108 Å². The van der Waals surface area contributed by atoms with Gasteiger partial charge in [-0.3, -0.25) is 0 Å². The Balaban J connectivity index is 2.50. The summed E-state index contributed by atoms with van der Waals surface area (Å²) >= 11 is 6.53. The predicted molar refractivity (Wildman–Crippen MR) is 73.5 cm³/mol. The average molecular weight is 251 g/mol. The maximum Gasteiger partial charge on any atom is 0.119 e. The number of rotatable bonds is 1. The molecule has 2 rings (SSSR count). The minimum Gasteiger partial charge on any atom is -0.497 e. The van der Waals surface area contributed by atoms with Crippen LogP contribution in [0.25, 0.3) is 5.03 Å². The van der Waals surface area contributed by atoms with Crippen LogP contribution in [-0.4, -0.2) is 7.11 Å². The molecule has 0 spiro atoms. The number of hydrogen-bond donors (Lipinski definition) is 0. The van der Waals surface area contributed by atoms with Crippen LogP contribution in [-0.2, 0) is 6.42 Å². The van der Waals surface area contributed by atoms with E-state index in [2.05, 4.69) is 32.9 Å². The fourth-order valence-electron chi connectivity index (χ4n) is 2.35. The number of fused-ring (bicyclic) bond motifs is 1. The highest BCUT2D eigenvalue weighted by atomic mass is 35.5. The first-order valence-corrected chi connectivity index (χ1v) is 6.37. The van der Waals surface area contributed by atoms with Gasteiger partial charge in [0.25, 0.3) is 0 Å². The van der Waals surface area contributed by atoms with Gasteiger partial charge in [0.1, 0.15) is 5.75 Å². The van der Waals surface area contributed by atoms with E-state index in [0.29, 0.717) is 0 Å². The molecule has 0 radical (unpaired) electrons. The van der Waals surface area contributed by atoms with Gasteiger partial charge in [-0.15, -0.1) is 0 Å². The zero-order valence-electron chi connectivity index (χ0n) is 10.9. The quantitative estimate of drug-likeness (QED) is 0.706. The predicted octanol–water partition coefficient (Wildman–Crippen LogP) is 4.64. The van der Waals surface area contributed by atoms with E-state index in [4.69, 9.17) is 16.3 Å². The minimum absolute atomic E-state index is 0.148. The first-order valence-electron chi connectivity index (χ1n) is 6.00. The van der Waals surface area contributed by atoms with Crippen LogP contribution in [0, 0.1) is 5.41 Å². The topological polar surface area (TPSA) is 9.23 Å². The van der Waals surface area contributed by atoms with Crippen LogP contribution >= 0.6 is 11.6 Å². The molecule has 92 valence electrons. The lowest BCUT2D eigenvalue weighted by Gasteiger charge is -2.29. The second-order valence-corrected chi connectivity index (χ2v) is 5.94. The van der Waals surface area contributed by atoms with Gasteiger partial charge in [-0.25, -0.2) is 0 Å². The molecule has 0 fully saturated rings. The molecule has 1 aliphatic carbocycles. The molecular weight excluding hydrogens is 232 g/mol. The Morgan fingerprint density at radius 3 is 2.47 bits per heavy atom. The molecule has 2 heteroatoms. The smallest absolute Gasteiger partial charge is 0.119 e. The zero-order valence-corrected chi connectivity index (χ0v) is 11.7. The highest BCUT2D eigenvalue weighted by molar-refractivity contribution is 6.49. The Morgan fingerprint density at radius 2 is 1.88 bits per heavy atom. The number of halogens is 1. The maximum atomic E-state index is 6.53. The molecular formula is C15H19ClO. The minimum atomic E-state index is 0.148. The lowest BCUT2D eigenvalue weighted by molar-refractivity contribution is 0.414. The van der Waals surface area contributed by atoms with E-state index in [9.17, 15) is 0 Å².